The summed E-state index contributed by atoms with van der Waals surface area (Å²) >= 11 is 0. The molecule has 0 amide bonds. The molecular formula is C16H23N3O2. The Morgan fingerprint density at radius 2 is 2.14 bits per heavy atom. The minimum absolute atomic E-state index is 0.231. The van der Waals surface area contributed by atoms with Crippen molar-refractivity contribution in [3.8, 4) is 5.75 Å². The summed E-state index contributed by atoms with van der Waals surface area (Å²) in [5.74, 6) is 2.31. The maximum absolute atomic E-state index is 5.84. The second-order valence-corrected chi connectivity index (χ2v) is 5.38. The molecule has 0 aliphatic carbocycles. The van der Waals surface area contributed by atoms with E-state index in [1.165, 1.54) is 5.56 Å². The SMILES string of the molecule is CCNCc1cc(C)ccc1OCc1noc(C(C)C)n1. The Morgan fingerprint density at radius 3 is 2.81 bits per heavy atom. The van der Waals surface area contributed by atoms with E-state index in [0.717, 1.165) is 24.4 Å². The van der Waals surface area contributed by atoms with Crippen molar-refractivity contribution >= 4 is 0 Å². The van der Waals surface area contributed by atoms with Crippen LogP contribution >= 0.6 is 0 Å². The molecule has 0 unspecified atom stereocenters. The molecule has 0 aliphatic heterocycles. The van der Waals surface area contributed by atoms with Crippen LogP contribution in [-0.4, -0.2) is 16.7 Å². The van der Waals surface area contributed by atoms with E-state index < -0.39 is 0 Å². The molecule has 1 N–H and O–H groups in total. The average molecular weight is 289 g/mol. The molecule has 5 heteroatoms. The molecule has 1 aromatic carbocycles. The van der Waals surface area contributed by atoms with Crippen LogP contribution in [0.1, 0.15) is 49.5 Å². The van der Waals surface area contributed by atoms with E-state index in [-0.39, 0.29) is 5.92 Å². The molecule has 0 spiro atoms. The quantitative estimate of drug-likeness (QED) is 0.848. The van der Waals surface area contributed by atoms with E-state index in [2.05, 4.69) is 35.4 Å². The first kappa shape index (κ1) is 15.5. The van der Waals surface area contributed by atoms with E-state index in [4.69, 9.17) is 9.26 Å². The molecule has 0 radical (unpaired) electrons. The highest BCUT2D eigenvalue weighted by Crippen LogP contribution is 2.21. The molecule has 114 valence electrons. The van der Waals surface area contributed by atoms with Crippen molar-refractivity contribution in [1.29, 1.82) is 0 Å². The summed E-state index contributed by atoms with van der Waals surface area (Å²) in [7, 11) is 0. The number of benzene rings is 1. The number of hydrogen-bond acceptors (Lipinski definition) is 5. The smallest absolute Gasteiger partial charge is 0.229 e. The first-order chi connectivity index (χ1) is 10.1. The molecule has 5 nitrogen and oxygen atoms in total. The highest BCUT2D eigenvalue weighted by Gasteiger charge is 2.11. The first-order valence-corrected chi connectivity index (χ1v) is 7.35. The van der Waals surface area contributed by atoms with Gasteiger partial charge in [0.1, 0.15) is 5.75 Å². The zero-order chi connectivity index (χ0) is 15.2. The van der Waals surface area contributed by atoms with Crippen molar-refractivity contribution in [2.45, 2.75) is 46.8 Å². The number of rotatable bonds is 7. The Morgan fingerprint density at radius 1 is 1.33 bits per heavy atom. The van der Waals surface area contributed by atoms with Gasteiger partial charge < -0.3 is 14.6 Å². The zero-order valence-corrected chi connectivity index (χ0v) is 13.1. The topological polar surface area (TPSA) is 60.2 Å². The predicted molar refractivity (Wildman–Crippen MR) is 81.3 cm³/mol. The lowest BCUT2D eigenvalue weighted by molar-refractivity contribution is 0.281. The summed E-state index contributed by atoms with van der Waals surface area (Å²) < 4.78 is 11.0. The second kappa shape index (κ2) is 7.22. The van der Waals surface area contributed by atoms with Gasteiger partial charge in [-0.25, -0.2) is 0 Å². The van der Waals surface area contributed by atoms with Gasteiger partial charge in [-0.15, -0.1) is 0 Å². The number of aryl methyl sites for hydroxylation is 1. The number of hydrogen-bond donors (Lipinski definition) is 1. The molecule has 1 heterocycles. The Bertz CT molecular complexity index is 579. The van der Waals surface area contributed by atoms with Gasteiger partial charge >= 0.3 is 0 Å². The van der Waals surface area contributed by atoms with Crippen LogP contribution in [0.15, 0.2) is 22.7 Å². The summed E-state index contributed by atoms with van der Waals surface area (Å²) in [6, 6.07) is 6.17. The van der Waals surface area contributed by atoms with Crippen LogP contribution < -0.4 is 10.1 Å². The number of nitrogens with zero attached hydrogens (tertiary/aromatic N) is 2. The summed E-state index contributed by atoms with van der Waals surface area (Å²) in [5, 5.41) is 7.25. The lowest BCUT2D eigenvalue weighted by atomic mass is 10.1. The van der Waals surface area contributed by atoms with Crippen LogP contribution in [0, 0.1) is 6.92 Å². The summed E-state index contributed by atoms with van der Waals surface area (Å²) in [6.45, 7) is 10.2. The van der Waals surface area contributed by atoms with Gasteiger partial charge in [-0.1, -0.05) is 43.6 Å². The molecule has 0 atom stereocenters. The zero-order valence-electron chi connectivity index (χ0n) is 13.1. The van der Waals surface area contributed by atoms with E-state index in [0.29, 0.717) is 18.3 Å². The molecule has 2 rings (SSSR count). The molecule has 0 aliphatic rings. The predicted octanol–water partition coefficient (Wildman–Crippen LogP) is 3.19. The van der Waals surface area contributed by atoms with E-state index in [9.17, 15) is 0 Å². The minimum atomic E-state index is 0.231. The van der Waals surface area contributed by atoms with Crippen LogP contribution in [-0.2, 0) is 13.2 Å². The fraction of sp³-hybridized carbons (Fsp3) is 0.500. The Hall–Kier alpha value is -1.88. The largest absolute Gasteiger partial charge is 0.485 e. The van der Waals surface area contributed by atoms with Crippen molar-refractivity contribution in [3.05, 3.63) is 41.0 Å². The average Bonchev–Trinajstić information content (AvgIpc) is 2.93. The van der Waals surface area contributed by atoms with Crippen LogP contribution in [0.5, 0.6) is 5.75 Å². The molecular weight excluding hydrogens is 266 g/mol. The van der Waals surface area contributed by atoms with Crippen LogP contribution in [0.3, 0.4) is 0 Å². The second-order valence-electron chi connectivity index (χ2n) is 5.38. The number of aromatic nitrogens is 2. The van der Waals surface area contributed by atoms with Crippen LogP contribution in [0.25, 0.3) is 0 Å². The molecule has 1 aromatic heterocycles. The van der Waals surface area contributed by atoms with Crippen molar-refractivity contribution < 1.29 is 9.26 Å². The van der Waals surface area contributed by atoms with Crippen LogP contribution in [0.4, 0.5) is 0 Å². The lowest BCUT2D eigenvalue weighted by Crippen LogP contribution is -2.13. The van der Waals surface area contributed by atoms with Crippen molar-refractivity contribution in [2.24, 2.45) is 0 Å². The number of nitrogens with one attached hydrogen (secondary N) is 1. The van der Waals surface area contributed by atoms with Crippen molar-refractivity contribution in [2.75, 3.05) is 6.54 Å². The normalized spacial score (nSPS) is 11.1. The van der Waals surface area contributed by atoms with E-state index in [1.807, 2.05) is 26.0 Å². The van der Waals surface area contributed by atoms with Crippen LogP contribution in [0.2, 0.25) is 0 Å². The summed E-state index contributed by atoms with van der Waals surface area (Å²) in [6.07, 6.45) is 0. The molecule has 0 saturated heterocycles. The van der Waals surface area contributed by atoms with Gasteiger partial charge in [-0.2, -0.15) is 4.98 Å². The molecule has 0 bridgehead atoms. The van der Waals surface area contributed by atoms with Crippen molar-refractivity contribution in [3.63, 3.8) is 0 Å². The minimum Gasteiger partial charge on any atom is -0.485 e. The van der Waals surface area contributed by atoms with Gasteiger partial charge in [-0.05, 0) is 19.5 Å². The highest BCUT2D eigenvalue weighted by molar-refractivity contribution is 5.36. The third-order valence-electron chi connectivity index (χ3n) is 3.12. The van der Waals surface area contributed by atoms with Gasteiger partial charge in [-0.3, -0.25) is 0 Å². The van der Waals surface area contributed by atoms with Gasteiger partial charge in [0, 0.05) is 18.0 Å². The van der Waals surface area contributed by atoms with Gasteiger partial charge in [0.15, 0.2) is 6.61 Å². The monoisotopic (exact) mass is 289 g/mol. The van der Waals surface area contributed by atoms with Crippen molar-refractivity contribution in [1.82, 2.24) is 15.5 Å². The fourth-order valence-electron chi connectivity index (χ4n) is 1.95. The number of ether oxygens (including phenoxy) is 1. The van der Waals surface area contributed by atoms with E-state index >= 15 is 0 Å². The van der Waals surface area contributed by atoms with E-state index in [1.54, 1.807) is 0 Å². The van der Waals surface area contributed by atoms with Gasteiger partial charge in [0.05, 0.1) is 0 Å². The maximum atomic E-state index is 5.84. The van der Waals surface area contributed by atoms with Gasteiger partial charge in [0.25, 0.3) is 0 Å². The first-order valence-electron chi connectivity index (χ1n) is 7.35. The highest BCUT2D eigenvalue weighted by atomic mass is 16.5. The Labute approximate surface area is 125 Å². The molecule has 21 heavy (non-hydrogen) atoms. The fourth-order valence-corrected chi connectivity index (χ4v) is 1.95. The standard InChI is InChI=1S/C16H23N3O2/c1-5-17-9-13-8-12(4)6-7-14(13)20-10-15-18-16(11(2)3)21-19-15/h6-8,11,17H,5,9-10H2,1-4H3. The third kappa shape index (κ3) is 4.29. The molecule has 2 aromatic rings. The third-order valence-corrected chi connectivity index (χ3v) is 3.12. The Balaban J connectivity index is 2.04. The molecule has 0 saturated carbocycles. The van der Waals surface area contributed by atoms with Gasteiger partial charge in [0.2, 0.25) is 11.7 Å². The maximum Gasteiger partial charge on any atom is 0.229 e. The summed E-state index contributed by atoms with van der Waals surface area (Å²) in [4.78, 5) is 4.32. The summed E-state index contributed by atoms with van der Waals surface area (Å²) in [5.41, 5.74) is 2.36. The molecule has 0 fully saturated rings. The lowest BCUT2D eigenvalue weighted by Gasteiger charge is -2.11. The Kier molecular flexibility index (Phi) is 5.33.